The van der Waals surface area contributed by atoms with Crippen LogP contribution in [0.4, 0.5) is 13.2 Å². The highest BCUT2D eigenvalue weighted by Gasteiger charge is 2.31. The molecule has 0 spiro atoms. The topological polar surface area (TPSA) is 76.2 Å². The van der Waals surface area contributed by atoms with E-state index < -0.39 is 23.2 Å². The maximum absolute atomic E-state index is 12.4. The quantitative estimate of drug-likeness (QED) is 0.596. The van der Waals surface area contributed by atoms with Crippen LogP contribution in [0.2, 0.25) is 0 Å². The molecule has 0 aromatic carbocycles. The van der Waals surface area contributed by atoms with Gasteiger partial charge in [-0.25, -0.2) is 4.98 Å². The number of thioether (sulfide) groups is 1. The largest absolute Gasteiger partial charge is 0.480 e. The number of hydrogen-bond donors (Lipinski definition) is 2. The van der Waals surface area contributed by atoms with Crippen molar-refractivity contribution in [2.45, 2.75) is 42.9 Å². The third-order valence-electron chi connectivity index (χ3n) is 3.14. The molecule has 0 fully saturated rings. The summed E-state index contributed by atoms with van der Waals surface area (Å²) in [7, 11) is 0. The van der Waals surface area contributed by atoms with Crippen LogP contribution in [0.15, 0.2) is 23.4 Å². The summed E-state index contributed by atoms with van der Waals surface area (Å²) >= 11 is 1.28. The van der Waals surface area contributed by atoms with E-state index >= 15 is 0 Å². The first-order valence-electron chi connectivity index (χ1n) is 6.37. The minimum Gasteiger partial charge on any atom is -0.480 e. The Kier molecular flexibility index (Phi) is 6.03. The van der Waals surface area contributed by atoms with Gasteiger partial charge in [0.25, 0.3) is 0 Å². The molecule has 8 heteroatoms. The van der Waals surface area contributed by atoms with E-state index in [2.05, 4.69) is 4.98 Å². The lowest BCUT2D eigenvalue weighted by atomic mass is 9.92. The van der Waals surface area contributed by atoms with Crippen molar-refractivity contribution in [2.24, 2.45) is 5.73 Å². The molecule has 118 valence electrons. The van der Waals surface area contributed by atoms with Crippen LogP contribution in [-0.4, -0.2) is 27.4 Å². The summed E-state index contributed by atoms with van der Waals surface area (Å²) in [6, 6.07) is 2.28. The molecular weight excluding hydrogens is 305 g/mol. The maximum atomic E-state index is 12.4. The molecule has 0 aliphatic heterocycles. The number of alkyl halides is 3. The Morgan fingerprint density at radius 1 is 1.43 bits per heavy atom. The van der Waals surface area contributed by atoms with Gasteiger partial charge in [0.2, 0.25) is 0 Å². The third-order valence-corrected chi connectivity index (χ3v) is 4.17. The summed E-state index contributed by atoms with van der Waals surface area (Å²) in [5.41, 5.74) is 3.71. The first-order valence-corrected chi connectivity index (χ1v) is 7.36. The number of aliphatic carboxylic acids is 1. The van der Waals surface area contributed by atoms with Crippen molar-refractivity contribution < 1.29 is 23.1 Å². The molecule has 0 aliphatic carbocycles. The monoisotopic (exact) mass is 322 g/mol. The van der Waals surface area contributed by atoms with Crippen molar-refractivity contribution >= 4 is 17.7 Å². The van der Waals surface area contributed by atoms with Crippen molar-refractivity contribution in [1.82, 2.24) is 4.98 Å². The number of rotatable bonds is 7. The van der Waals surface area contributed by atoms with Crippen LogP contribution in [0.1, 0.15) is 31.7 Å². The number of carbonyl (C=O) groups is 1. The Labute approximate surface area is 124 Å². The second-order valence-corrected chi connectivity index (χ2v) is 5.76. The maximum Gasteiger partial charge on any atom is 0.417 e. The zero-order chi connectivity index (χ0) is 16.1. The zero-order valence-corrected chi connectivity index (χ0v) is 12.3. The predicted molar refractivity (Wildman–Crippen MR) is 74.0 cm³/mol. The van der Waals surface area contributed by atoms with E-state index in [1.54, 1.807) is 6.92 Å². The lowest BCUT2D eigenvalue weighted by molar-refractivity contribution is -0.143. The van der Waals surface area contributed by atoms with Crippen LogP contribution in [0.3, 0.4) is 0 Å². The lowest BCUT2D eigenvalue weighted by Crippen LogP contribution is -2.47. The summed E-state index contributed by atoms with van der Waals surface area (Å²) < 4.78 is 37.1. The number of aromatic nitrogens is 1. The van der Waals surface area contributed by atoms with Gasteiger partial charge < -0.3 is 10.8 Å². The van der Waals surface area contributed by atoms with E-state index in [0.717, 1.165) is 12.3 Å². The third kappa shape index (κ3) is 5.20. The lowest BCUT2D eigenvalue weighted by Gasteiger charge is -2.22. The van der Waals surface area contributed by atoms with Crippen LogP contribution in [0.5, 0.6) is 0 Å². The molecule has 0 aliphatic rings. The van der Waals surface area contributed by atoms with E-state index in [9.17, 15) is 18.0 Å². The minimum absolute atomic E-state index is 0.312. The molecule has 1 unspecified atom stereocenters. The first-order chi connectivity index (χ1) is 9.69. The van der Waals surface area contributed by atoms with Gasteiger partial charge in [0.05, 0.1) is 10.6 Å². The van der Waals surface area contributed by atoms with Crippen LogP contribution in [0, 0.1) is 0 Å². The second-order valence-electron chi connectivity index (χ2n) is 4.65. The van der Waals surface area contributed by atoms with Gasteiger partial charge in [0.1, 0.15) is 5.54 Å². The highest BCUT2D eigenvalue weighted by atomic mass is 32.2. The number of pyridine rings is 1. The smallest absolute Gasteiger partial charge is 0.417 e. The van der Waals surface area contributed by atoms with Gasteiger partial charge >= 0.3 is 12.1 Å². The fourth-order valence-electron chi connectivity index (χ4n) is 1.63. The van der Waals surface area contributed by atoms with Gasteiger partial charge in [-0.2, -0.15) is 13.2 Å². The molecular formula is C13H17F3N2O2S. The molecule has 0 amide bonds. The molecule has 0 saturated carbocycles. The number of nitrogens with zero attached hydrogens (tertiary/aromatic N) is 1. The van der Waals surface area contributed by atoms with Crippen molar-refractivity contribution in [2.75, 3.05) is 5.75 Å². The normalized spacial score (nSPS) is 14.7. The Hall–Kier alpha value is -1.28. The fraction of sp³-hybridized carbons (Fsp3) is 0.538. The van der Waals surface area contributed by atoms with Gasteiger partial charge in [-0.3, -0.25) is 4.79 Å². The SMILES string of the molecule is CCC(N)(CCCSc1ccc(C(F)(F)F)cn1)C(=O)O. The molecule has 1 aromatic heterocycles. The molecule has 0 saturated heterocycles. The number of halogens is 3. The summed E-state index contributed by atoms with van der Waals surface area (Å²) in [5.74, 6) is -0.493. The minimum atomic E-state index is -4.39. The molecule has 1 aromatic rings. The van der Waals surface area contributed by atoms with Gasteiger partial charge in [0.15, 0.2) is 0 Å². The van der Waals surface area contributed by atoms with E-state index in [1.807, 2.05) is 0 Å². The van der Waals surface area contributed by atoms with Crippen LogP contribution in [-0.2, 0) is 11.0 Å². The average Bonchev–Trinajstić information content (AvgIpc) is 2.42. The number of hydrogen-bond acceptors (Lipinski definition) is 4. The molecule has 1 rings (SSSR count). The molecule has 3 N–H and O–H groups in total. The van der Waals surface area contributed by atoms with E-state index in [1.165, 1.54) is 17.8 Å². The zero-order valence-electron chi connectivity index (χ0n) is 11.5. The fourth-order valence-corrected chi connectivity index (χ4v) is 2.42. The van der Waals surface area contributed by atoms with E-state index in [0.29, 0.717) is 30.0 Å². The second kappa shape index (κ2) is 7.13. The molecule has 1 atom stereocenters. The predicted octanol–water partition coefficient (Wildman–Crippen LogP) is 3.16. The summed E-state index contributed by atoms with van der Waals surface area (Å²) in [4.78, 5) is 14.7. The van der Waals surface area contributed by atoms with Crippen molar-refractivity contribution in [3.8, 4) is 0 Å². The van der Waals surface area contributed by atoms with Crippen LogP contribution >= 0.6 is 11.8 Å². The Balaban J connectivity index is 2.45. The number of nitrogens with two attached hydrogens (primary N) is 1. The molecule has 1 heterocycles. The molecule has 0 bridgehead atoms. The Morgan fingerprint density at radius 2 is 2.10 bits per heavy atom. The average molecular weight is 322 g/mol. The molecule has 4 nitrogen and oxygen atoms in total. The highest BCUT2D eigenvalue weighted by Crippen LogP contribution is 2.29. The van der Waals surface area contributed by atoms with Crippen molar-refractivity contribution in [3.05, 3.63) is 23.9 Å². The van der Waals surface area contributed by atoms with E-state index in [-0.39, 0.29) is 0 Å². The summed E-state index contributed by atoms with van der Waals surface area (Å²) in [6.45, 7) is 1.71. The van der Waals surface area contributed by atoms with Gasteiger partial charge in [-0.15, -0.1) is 11.8 Å². The summed E-state index contributed by atoms with van der Waals surface area (Å²) in [6.07, 6.45) is -2.42. The molecule has 0 radical (unpaired) electrons. The van der Waals surface area contributed by atoms with Crippen LogP contribution in [0.25, 0.3) is 0 Å². The van der Waals surface area contributed by atoms with E-state index in [4.69, 9.17) is 10.8 Å². The number of carboxylic acids is 1. The van der Waals surface area contributed by atoms with Crippen molar-refractivity contribution in [3.63, 3.8) is 0 Å². The highest BCUT2D eigenvalue weighted by molar-refractivity contribution is 7.99. The number of carboxylic acid groups (broad SMARTS) is 1. The molecule has 21 heavy (non-hydrogen) atoms. The first kappa shape index (κ1) is 17.8. The Morgan fingerprint density at radius 3 is 2.52 bits per heavy atom. The Bertz CT molecular complexity index is 479. The standard InChI is InChI=1S/C13H17F3N2O2S/c1-2-12(17,11(19)20)6-3-7-21-10-5-4-9(8-18-10)13(14,15)16/h4-5,8H,2-3,6-7,17H2,1H3,(H,19,20). The van der Waals surface area contributed by atoms with Crippen molar-refractivity contribution in [1.29, 1.82) is 0 Å². The van der Waals surface area contributed by atoms with Gasteiger partial charge in [-0.05, 0) is 37.1 Å². The van der Waals surface area contributed by atoms with Gasteiger partial charge in [0, 0.05) is 6.20 Å². The van der Waals surface area contributed by atoms with Gasteiger partial charge in [-0.1, -0.05) is 6.92 Å². The summed E-state index contributed by atoms with van der Waals surface area (Å²) in [5, 5.41) is 9.47. The van der Waals surface area contributed by atoms with Crippen LogP contribution < -0.4 is 5.73 Å².